The van der Waals surface area contributed by atoms with Crippen molar-refractivity contribution in [1.29, 1.82) is 0 Å². The highest BCUT2D eigenvalue weighted by atomic mass is 28.4. The summed E-state index contributed by atoms with van der Waals surface area (Å²) in [5, 5.41) is 0.364. The van der Waals surface area contributed by atoms with Crippen LogP contribution in [-0.2, 0) is 47.0 Å². The maximum atomic E-state index is 15.2. The van der Waals surface area contributed by atoms with Gasteiger partial charge in [-0.3, -0.25) is 19.2 Å². The van der Waals surface area contributed by atoms with E-state index in [1.807, 2.05) is 0 Å². The molecule has 6 atom stereocenters. The number of benzene rings is 1. The van der Waals surface area contributed by atoms with Crippen LogP contribution in [0.2, 0.25) is 5.04 Å². The van der Waals surface area contributed by atoms with E-state index in [1.165, 1.54) is 39.0 Å². The quantitative estimate of drug-likeness (QED) is 0.0696. The predicted octanol–water partition coefficient (Wildman–Crippen LogP) is 7.22. The molecule has 1 N–H and O–H groups in total. The average Bonchev–Trinajstić information content (AvgIpc) is 3.10. The van der Waals surface area contributed by atoms with Crippen molar-refractivity contribution in [2.24, 2.45) is 0 Å². The van der Waals surface area contributed by atoms with E-state index in [0.717, 1.165) is 39.8 Å². The number of carbonyl (C=O) groups excluding carboxylic acids is 4. The molecule has 1 aromatic carbocycles. The molecule has 0 aliphatic carbocycles. The topological polar surface area (TPSA) is 136 Å². The zero-order valence-electron chi connectivity index (χ0n) is 33.4. The molecule has 63 heavy (non-hydrogen) atoms. The van der Waals surface area contributed by atoms with E-state index < -0.39 is 135 Å². The molecule has 1 unspecified atom stereocenters. The second-order valence-electron chi connectivity index (χ2n) is 14.8. The molecule has 1 fully saturated rings. The Kier molecular flexibility index (Phi) is 16.2. The van der Waals surface area contributed by atoms with Crippen molar-refractivity contribution in [3.05, 3.63) is 30.3 Å². The fourth-order valence-corrected chi connectivity index (χ4v) is 9.47. The molecule has 362 valence electrons. The molecule has 1 heterocycles. The molecule has 1 amide bonds. The van der Waals surface area contributed by atoms with Gasteiger partial charge in [-0.25, -0.2) is 0 Å². The summed E-state index contributed by atoms with van der Waals surface area (Å²) in [5.74, 6) is -62.1. The summed E-state index contributed by atoms with van der Waals surface area (Å²) in [7, 11) is -5.04. The van der Waals surface area contributed by atoms with Gasteiger partial charge in [0.15, 0.2) is 18.5 Å². The highest BCUT2D eigenvalue weighted by Crippen LogP contribution is 2.64. The lowest BCUT2D eigenvalue weighted by Crippen LogP contribution is -2.74. The van der Waals surface area contributed by atoms with Gasteiger partial charge >= 0.3 is 74.1 Å². The third-order valence-corrected chi connectivity index (χ3v) is 13.2. The summed E-state index contributed by atoms with van der Waals surface area (Å²) in [6.07, 6.45) is -18.4. The average molecular weight is 972 g/mol. The number of rotatable bonds is 18. The monoisotopic (exact) mass is 971 g/mol. The first kappa shape index (κ1) is 55.1. The highest BCUT2D eigenvalue weighted by molar-refractivity contribution is 6.83. The van der Waals surface area contributed by atoms with Crippen molar-refractivity contribution in [2.75, 3.05) is 13.2 Å². The van der Waals surface area contributed by atoms with Crippen molar-refractivity contribution in [3.63, 3.8) is 0 Å². The smallest absolute Gasteiger partial charge is 0.460 e. The Hall–Kier alpha value is -3.99. The number of ether oxygens (including phenoxy) is 4. The van der Waals surface area contributed by atoms with Crippen LogP contribution in [0.3, 0.4) is 0 Å². The van der Waals surface area contributed by atoms with E-state index in [9.17, 15) is 85.0 Å². The summed E-state index contributed by atoms with van der Waals surface area (Å²) in [6.45, 7) is 4.20. The van der Waals surface area contributed by atoms with E-state index in [1.54, 1.807) is 0 Å². The molecule has 0 aromatic heterocycles. The van der Waals surface area contributed by atoms with E-state index in [4.69, 9.17) is 27.8 Å². The number of hydrogen-bond acceptors (Lipinski definition) is 10. The normalized spacial score (nSPS) is 22.1. The van der Waals surface area contributed by atoms with Crippen LogP contribution in [-0.4, -0.2) is 124 Å². The van der Waals surface area contributed by atoms with Gasteiger partial charge in [-0.2, -0.15) is 74.6 Å². The van der Waals surface area contributed by atoms with Gasteiger partial charge in [-0.05, 0) is 5.19 Å². The molecule has 0 bridgehead atoms. The largest absolute Gasteiger partial charge is 0.463 e. The lowest BCUT2D eigenvalue weighted by atomic mass is 9.88. The Balaban J connectivity index is 2.78. The van der Waals surface area contributed by atoms with Crippen molar-refractivity contribution >= 4 is 37.6 Å². The lowest BCUT2D eigenvalue weighted by Gasteiger charge is -2.49. The SMILES string of the molecule is CC(=O)N[C@H]1[C@H](O[Si](OCCC(F)(F)C(F)(F)C(F)(F)C(F)(F)C(F)(F)C(F)(F)C(F)(F)C(F)(F)F)(c2ccccc2)C(C)(C)C)O[C@H](COC(C)=O)[C@@H](OC(C)=O)[C@@H]1OC(C)=O. The third kappa shape index (κ3) is 10.4. The van der Waals surface area contributed by atoms with Crippen LogP contribution in [0.4, 0.5) is 74.6 Å². The summed E-state index contributed by atoms with van der Waals surface area (Å²) in [4.78, 5) is 48.7. The Morgan fingerprint density at radius 2 is 1.08 bits per heavy atom. The van der Waals surface area contributed by atoms with Gasteiger partial charge in [-0.15, -0.1) is 0 Å². The minimum atomic E-state index is -8.82. The summed E-state index contributed by atoms with van der Waals surface area (Å²) >= 11 is 0. The van der Waals surface area contributed by atoms with Gasteiger partial charge in [0.2, 0.25) is 5.91 Å². The van der Waals surface area contributed by atoms with Crippen LogP contribution in [0.25, 0.3) is 0 Å². The van der Waals surface area contributed by atoms with Gasteiger partial charge < -0.3 is 33.1 Å². The number of hydrogen-bond donors (Lipinski definition) is 1. The van der Waals surface area contributed by atoms with Gasteiger partial charge in [0, 0.05) is 45.8 Å². The van der Waals surface area contributed by atoms with Crippen molar-refractivity contribution < 1.29 is 122 Å². The number of nitrogens with one attached hydrogen (secondary N) is 1. The Bertz CT molecular complexity index is 1800. The molecule has 1 saturated heterocycles. The van der Waals surface area contributed by atoms with Crippen LogP contribution in [0.1, 0.15) is 54.9 Å². The van der Waals surface area contributed by atoms with Crippen LogP contribution >= 0.6 is 0 Å². The maximum absolute atomic E-state index is 15.2. The zero-order valence-corrected chi connectivity index (χ0v) is 34.4. The van der Waals surface area contributed by atoms with Crippen LogP contribution in [0.5, 0.6) is 0 Å². The maximum Gasteiger partial charge on any atom is 0.460 e. The minimum Gasteiger partial charge on any atom is -0.463 e. The zero-order chi connectivity index (χ0) is 49.4. The summed E-state index contributed by atoms with van der Waals surface area (Å²) in [6, 6.07) is 4.20. The first-order valence-corrected chi connectivity index (χ1v) is 19.4. The molecule has 1 aliphatic heterocycles. The minimum absolute atomic E-state index is 0.218. The van der Waals surface area contributed by atoms with Crippen LogP contribution in [0.15, 0.2) is 30.3 Å². The summed E-state index contributed by atoms with van der Waals surface area (Å²) < 4.78 is 271. The Morgan fingerprint density at radius 3 is 1.49 bits per heavy atom. The molecular weight excluding hydrogens is 933 g/mol. The fraction of sp³-hybridized carbons (Fsp3) is 0.706. The first-order chi connectivity index (χ1) is 28.1. The Morgan fingerprint density at radius 1 is 0.635 bits per heavy atom. The second kappa shape index (κ2) is 18.5. The fourth-order valence-electron chi connectivity index (χ4n) is 5.90. The van der Waals surface area contributed by atoms with Gasteiger partial charge in [0.05, 0.1) is 0 Å². The molecule has 0 saturated carbocycles. The van der Waals surface area contributed by atoms with Crippen molar-refractivity contribution in [3.8, 4) is 0 Å². The van der Waals surface area contributed by atoms with Crippen LogP contribution < -0.4 is 10.5 Å². The summed E-state index contributed by atoms with van der Waals surface area (Å²) in [5.41, 5.74) is 0. The Labute approximate surface area is 346 Å². The molecule has 11 nitrogen and oxygen atoms in total. The van der Waals surface area contributed by atoms with E-state index >= 15 is 8.78 Å². The predicted molar refractivity (Wildman–Crippen MR) is 178 cm³/mol. The lowest BCUT2D eigenvalue weighted by molar-refractivity contribution is -0.461. The standard InChI is InChI=1S/C34H38F17NO10Si/c1-16(53)52-22-24(60-19(4)56)23(59-18(3)55)21(15-57-17(2)54)61-25(22)62-63(26(5,6)7,20-11-9-8-10-12-20)58-14-13-27(35,36)28(37,38)29(39,40)30(41,42)31(43,44)32(45,46)33(47,48)34(49,50)51/h8-12,21-25H,13-15H2,1-7H3,(H,52,53)/t21-,22-,23-,24-,25+,63?/m1/s1. The molecule has 0 spiro atoms. The second-order valence-corrected chi connectivity index (χ2v) is 18.7. The number of halogens is 17. The molecule has 1 aromatic rings. The first-order valence-electron chi connectivity index (χ1n) is 17.6. The third-order valence-electron chi connectivity index (χ3n) is 9.00. The van der Waals surface area contributed by atoms with E-state index in [2.05, 4.69) is 5.32 Å². The van der Waals surface area contributed by atoms with Gasteiger partial charge in [-0.1, -0.05) is 51.1 Å². The molecular formula is C34H38F17NO10Si. The van der Waals surface area contributed by atoms with Crippen molar-refractivity contribution in [2.45, 2.75) is 138 Å². The van der Waals surface area contributed by atoms with Crippen molar-refractivity contribution in [1.82, 2.24) is 5.32 Å². The number of alkyl halides is 17. The number of carbonyl (C=O) groups is 4. The number of amides is 1. The van der Waals surface area contributed by atoms with E-state index in [0.29, 0.717) is 0 Å². The highest BCUT2D eigenvalue weighted by Gasteiger charge is 2.95. The molecule has 29 heteroatoms. The van der Waals surface area contributed by atoms with E-state index in [-0.39, 0.29) is 5.19 Å². The molecule has 1 aliphatic rings. The van der Waals surface area contributed by atoms with Gasteiger partial charge in [0.25, 0.3) is 0 Å². The number of esters is 3. The molecule has 0 radical (unpaired) electrons. The van der Waals surface area contributed by atoms with Gasteiger partial charge in [0.1, 0.15) is 18.8 Å². The molecule has 2 rings (SSSR count). The van der Waals surface area contributed by atoms with Crippen LogP contribution in [0, 0.1) is 0 Å².